The average molecular weight is 266 g/mol. The number of carbonyl (C=O) groups is 1. The summed E-state index contributed by atoms with van der Waals surface area (Å²) in [5, 5.41) is 8.71. The molecular weight excluding hydrogens is 244 g/mol. The third-order valence-corrected chi connectivity index (χ3v) is 2.81. The molecule has 106 valence electrons. The monoisotopic (exact) mass is 266 g/mol. The van der Waals surface area contributed by atoms with E-state index in [9.17, 15) is 4.79 Å². The van der Waals surface area contributed by atoms with Crippen LogP contribution in [0.25, 0.3) is 0 Å². The summed E-state index contributed by atoms with van der Waals surface area (Å²) in [5.74, 6) is 1.51. The van der Waals surface area contributed by atoms with Crippen LogP contribution in [0.2, 0.25) is 0 Å². The van der Waals surface area contributed by atoms with Crippen LogP contribution in [0.1, 0.15) is 25.6 Å². The van der Waals surface area contributed by atoms with Crippen molar-refractivity contribution in [2.75, 3.05) is 37.0 Å². The number of carboxylic acids is 1. The molecule has 0 aromatic carbocycles. The van der Waals surface area contributed by atoms with E-state index >= 15 is 0 Å². The summed E-state index contributed by atoms with van der Waals surface area (Å²) in [6, 6.07) is 1.89. The number of carboxylic acid groups (broad SMARTS) is 1. The van der Waals surface area contributed by atoms with Gasteiger partial charge in [-0.2, -0.15) is 0 Å². The van der Waals surface area contributed by atoms with E-state index in [1.807, 2.05) is 32.0 Å². The third-order valence-electron chi connectivity index (χ3n) is 2.81. The van der Waals surface area contributed by atoms with Crippen molar-refractivity contribution in [1.29, 1.82) is 0 Å². The second-order valence-corrected chi connectivity index (χ2v) is 4.62. The van der Waals surface area contributed by atoms with Crippen molar-refractivity contribution in [2.24, 2.45) is 0 Å². The highest BCUT2D eigenvalue weighted by molar-refractivity contribution is 5.67. The van der Waals surface area contributed by atoms with E-state index < -0.39 is 5.97 Å². The van der Waals surface area contributed by atoms with Gasteiger partial charge in [0.1, 0.15) is 17.5 Å². The van der Waals surface area contributed by atoms with Gasteiger partial charge in [0.25, 0.3) is 0 Å². The molecule has 1 aromatic heterocycles. The minimum absolute atomic E-state index is 0.0969. The SMILES string of the molecule is CCCN(C)c1cc(N(C)CCC(=O)O)nc(C)n1. The molecule has 0 spiro atoms. The van der Waals surface area contributed by atoms with Crippen molar-refractivity contribution in [1.82, 2.24) is 9.97 Å². The Kier molecular flexibility index (Phi) is 5.54. The molecule has 0 unspecified atom stereocenters. The van der Waals surface area contributed by atoms with E-state index in [2.05, 4.69) is 21.8 Å². The van der Waals surface area contributed by atoms with Crippen LogP contribution in [0.5, 0.6) is 0 Å². The molecule has 0 saturated heterocycles. The minimum Gasteiger partial charge on any atom is -0.481 e. The van der Waals surface area contributed by atoms with Crippen molar-refractivity contribution >= 4 is 17.6 Å². The van der Waals surface area contributed by atoms with Gasteiger partial charge < -0.3 is 14.9 Å². The lowest BCUT2D eigenvalue weighted by Gasteiger charge is -2.22. The Morgan fingerprint density at radius 1 is 1.21 bits per heavy atom. The largest absolute Gasteiger partial charge is 0.481 e. The fourth-order valence-corrected chi connectivity index (χ4v) is 1.76. The van der Waals surface area contributed by atoms with Gasteiger partial charge >= 0.3 is 5.97 Å². The van der Waals surface area contributed by atoms with Crippen molar-refractivity contribution < 1.29 is 9.90 Å². The van der Waals surface area contributed by atoms with Crippen molar-refractivity contribution in [2.45, 2.75) is 26.7 Å². The number of hydrogen-bond acceptors (Lipinski definition) is 5. The first-order valence-corrected chi connectivity index (χ1v) is 6.43. The summed E-state index contributed by atoms with van der Waals surface area (Å²) in [4.78, 5) is 23.3. The Labute approximate surface area is 114 Å². The summed E-state index contributed by atoms with van der Waals surface area (Å²) >= 11 is 0. The maximum Gasteiger partial charge on any atom is 0.305 e. The molecule has 0 amide bonds. The molecule has 0 radical (unpaired) electrons. The van der Waals surface area contributed by atoms with Gasteiger partial charge in [-0.3, -0.25) is 4.79 Å². The summed E-state index contributed by atoms with van der Waals surface area (Å²) in [5.41, 5.74) is 0. The third kappa shape index (κ3) is 4.73. The number of aryl methyl sites for hydroxylation is 1. The molecule has 0 saturated carbocycles. The van der Waals surface area contributed by atoms with Gasteiger partial charge in [-0.25, -0.2) is 9.97 Å². The minimum atomic E-state index is -0.805. The number of hydrogen-bond donors (Lipinski definition) is 1. The molecule has 1 N–H and O–H groups in total. The van der Waals surface area contributed by atoms with Crippen molar-refractivity contribution in [3.8, 4) is 0 Å². The fraction of sp³-hybridized carbons (Fsp3) is 0.615. The average Bonchev–Trinajstić information content (AvgIpc) is 2.35. The summed E-state index contributed by atoms with van der Waals surface area (Å²) < 4.78 is 0. The molecule has 6 heteroatoms. The predicted molar refractivity (Wildman–Crippen MR) is 75.9 cm³/mol. The van der Waals surface area contributed by atoms with Crippen LogP contribution in [0.3, 0.4) is 0 Å². The molecule has 1 heterocycles. The Morgan fingerprint density at radius 3 is 2.21 bits per heavy atom. The maximum atomic E-state index is 10.6. The van der Waals surface area contributed by atoms with E-state index in [4.69, 9.17) is 5.11 Å². The van der Waals surface area contributed by atoms with E-state index in [0.29, 0.717) is 12.4 Å². The first kappa shape index (κ1) is 15.2. The van der Waals surface area contributed by atoms with Gasteiger partial charge in [-0.1, -0.05) is 6.92 Å². The van der Waals surface area contributed by atoms with Crippen LogP contribution in [0.4, 0.5) is 11.6 Å². The number of nitrogens with zero attached hydrogens (tertiary/aromatic N) is 4. The topological polar surface area (TPSA) is 69.6 Å². The number of aromatic nitrogens is 2. The second-order valence-electron chi connectivity index (χ2n) is 4.62. The Morgan fingerprint density at radius 2 is 1.74 bits per heavy atom. The molecule has 6 nitrogen and oxygen atoms in total. The second kappa shape index (κ2) is 6.92. The molecule has 1 rings (SSSR count). The molecule has 0 aliphatic rings. The Balaban J connectivity index is 2.86. The normalized spacial score (nSPS) is 10.3. The highest BCUT2D eigenvalue weighted by atomic mass is 16.4. The zero-order valence-electron chi connectivity index (χ0n) is 12.1. The molecule has 1 aromatic rings. The molecule has 0 aliphatic heterocycles. The van der Waals surface area contributed by atoms with Crippen LogP contribution in [0.15, 0.2) is 6.07 Å². The van der Waals surface area contributed by atoms with Gasteiger partial charge in [0, 0.05) is 33.3 Å². The molecule has 19 heavy (non-hydrogen) atoms. The van der Waals surface area contributed by atoms with Crippen LogP contribution in [0, 0.1) is 6.92 Å². The molecule has 0 aliphatic carbocycles. The van der Waals surface area contributed by atoms with E-state index in [0.717, 1.165) is 24.6 Å². The zero-order chi connectivity index (χ0) is 14.4. The van der Waals surface area contributed by atoms with Gasteiger partial charge in [0.05, 0.1) is 6.42 Å². The van der Waals surface area contributed by atoms with Crippen LogP contribution in [-0.4, -0.2) is 48.2 Å². The van der Waals surface area contributed by atoms with Crippen molar-refractivity contribution in [3.63, 3.8) is 0 Å². The van der Waals surface area contributed by atoms with E-state index in [1.165, 1.54) is 0 Å². The van der Waals surface area contributed by atoms with Gasteiger partial charge in [-0.15, -0.1) is 0 Å². The zero-order valence-corrected chi connectivity index (χ0v) is 12.1. The molecular formula is C13H22N4O2. The lowest BCUT2D eigenvalue weighted by molar-refractivity contribution is -0.136. The first-order chi connectivity index (χ1) is 8.93. The predicted octanol–water partition coefficient (Wildman–Crippen LogP) is 1.54. The smallest absolute Gasteiger partial charge is 0.305 e. The summed E-state index contributed by atoms with van der Waals surface area (Å²) in [7, 11) is 3.83. The van der Waals surface area contributed by atoms with Crippen LogP contribution >= 0.6 is 0 Å². The highest BCUT2D eigenvalue weighted by Crippen LogP contribution is 2.17. The fourth-order valence-electron chi connectivity index (χ4n) is 1.76. The first-order valence-electron chi connectivity index (χ1n) is 6.43. The lowest BCUT2D eigenvalue weighted by Crippen LogP contribution is -2.24. The molecule has 0 fully saturated rings. The molecule has 0 atom stereocenters. The maximum absolute atomic E-state index is 10.6. The Bertz CT molecular complexity index is 437. The van der Waals surface area contributed by atoms with Gasteiger partial charge in [0.15, 0.2) is 0 Å². The summed E-state index contributed by atoms with van der Waals surface area (Å²) in [6.07, 6.45) is 1.14. The quantitative estimate of drug-likeness (QED) is 0.807. The van der Waals surface area contributed by atoms with Crippen molar-refractivity contribution in [3.05, 3.63) is 11.9 Å². The number of rotatable bonds is 7. The summed E-state index contributed by atoms with van der Waals surface area (Å²) in [6.45, 7) is 5.32. The number of anilines is 2. The Hall–Kier alpha value is -1.85. The number of aliphatic carboxylic acids is 1. The van der Waals surface area contributed by atoms with E-state index in [-0.39, 0.29) is 6.42 Å². The van der Waals surface area contributed by atoms with Crippen LogP contribution < -0.4 is 9.80 Å². The lowest BCUT2D eigenvalue weighted by atomic mass is 10.3. The van der Waals surface area contributed by atoms with Gasteiger partial charge in [-0.05, 0) is 13.3 Å². The highest BCUT2D eigenvalue weighted by Gasteiger charge is 2.10. The van der Waals surface area contributed by atoms with E-state index in [1.54, 1.807) is 0 Å². The standard InChI is InChI=1S/C13H22N4O2/c1-5-7-16(3)11-9-12(15-10(2)14-11)17(4)8-6-13(18)19/h9H,5-8H2,1-4H3,(H,18,19). The van der Waals surface area contributed by atoms with Crippen LogP contribution in [-0.2, 0) is 4.79 Å². The molecule has 0 bridgehead atoms. The van der Waals surface area contributed by atoms with Gasteiger partial charge in [0.2, 0.25) is 0 Å².